The Morgan fingerprint density at radius 1 is 1.37 bits per heavy atom. The van der Waals surface area contributed by atoms with Gasteiger partial charge in [0, 0.05) is 24.2 Å². The quantitative estimate of drug-likeness (QED) is 0.734. The topological polar surface area (TPSA) is 84.6 Å². The first kappa shape index (κ1) is 11.5. The van der Waals surface area contributed by atoms with Gasteiger partial charge in [-0.15, -0.1) is 11.3 Å². The van der Waals surface area contributed by atoms with Gasteiger partial charge in [-0.2, -0.15) is 0 Å². The molecule has 0 aliphatic rings. The molecule has 0 unspecified atom stereocenters. The molecular weight excluding hydrogens is 266 g/mol. The number of carbonyl (C=O) groups excluding carboxylic acids is 1. The van der Waals surface area contributed by atoms with Crippen molar-refractivity contribution in [2.45, 2.75) is 0 Å². The highest BCUT2D eigenvalue weighted by Gasteiger charge is 2.19. The molecule has 0 fully saturated rings. The number of imidazole rings is 1. The van der Waals surface area contributed by atoms with Gasteiger partial charge in [0.05, 0.1) is 0 Å². The first-order chi connectivity index (χ1) is 9.16. The van der Waals surface area contributed by atoms with Crippen LogP contribution in [0, 0.1) is 0 Å². The number of rotatable bonds is 3. The lowest BCUT2D eigenvalue weighted by atomic mass is 10.1. The maximum atomic E-state index is 12.2. The summed E-state index contributed by atoms with van der Waals surface area (Å²) in [5, 5.41) is 8.93. The molecule has 0 spiro atoms. The number of pyridine rings is 1. The van der Waals surface area contributed by atoms with Crippen LogP contribution in [0.15, 0.2) is 37.1 Å². The highest BCUT2D eigenvalue weighted by atomic mass is 32.1. The summed E-state index contributed by atoms with van der Waals surface area (Å²) < 4.78 is 1.54. The van der Waals surface area contributed by atoms with Crippen LogP contribution in [0.3, 0.4) is 0 Å². The Labute approximate surface area is 111 Å². The Morgan fingerprint density at radius 3 is 2.89 bits per heavy atom. The lowest BCUT2D eigenvalue weighted by Gasteiger charge is -1.95. The summed E-state index contributed by atoms with van der Waals surface area (Å²) in [6.07, 6.45) is 5.91. The van der Waals surface area contributed by atoms with Gasteiger partial charge in [-0.25, -0.2) is 9.78 Å². The summed E-state index contributed by atoms with van der Waals surface area (Å²) in [7, 11) is 0. The molecule has 3 heterocycles. The lowest BCUT2D eigenvalue weighted by Crippen LogP contribution is -2.02. The van der Waals surface area contributed by atoms with E-state index in [-0.39, 0.29) is 16.4 Å². The zero-order valence-electron chi connectivity index (χ0n) is 9.48. The van der Waals surface area contributed by atoms with Crippen LogP contribution < -0.4 is 0 Å². The summed E-state index contributed by atoms with van der Waals surface area (Å²) in [4.78, 5) is 31.7. The minimum atomic E-state index is -1.02. The third-order valence-electron chi connectivity index (χ3n) is 2.56. The molecule has 3 aromatic heterocycles. The smallest absolute Gasteiger partial charge is 0.347 e. The van der Waals surface area contributed by atoms with Crippen molar-refractivity contribution in [3.05, 3.63) is 53.2 Å². The van der Waals surface area contributed by atoms with Crippen molar-refractivity contribution in [3.8, 4) is 0 Å². The molecule has 94 valence electrons. The Bertz CT molecular complexity index is 776. The summed E-state index contributed by atoms with van der Waals surface area (Å²) in [6.45, 7) is 0. The van der Waals surface area contributed by atoms with Crippen LogP contribution in [0.25, 0.3) is 4.83 Å². The van der Waals surface area contributed by atoms with Crippen molar-refractivity contribution in [1.29, 1.82) is 0 Å². The van der Waals surface area contributed by atoms with E-state index in [0.717, 1.165) is 11.3 Å². The fourth-order valence-corrected chi connectivity index (χ4v) is 2.60. The average molecular weight is 273 g/mol. The number of aromatic carboxylic acids is 1. The molecule has 0 atom stereocenters. The number of carboxylic acid groups (broad SMARTS) is 1. The normalized spacial score (nSPS) is 10.7. The number of fused-ring (bicyclic) bond motifs is 1. The summed E-state index contributed by atoms with van der Waals surface area (Å²) >= 11 is 1.02. The van der Waals surface area contributed by atoms with E-state index in [0.29, 0.717) is 10.4 Å². The lowest BCUT2D eigenvalue weighted by molar-refractivity contribution is 0.0701. The van der Waals surface area contributed by atoms with Crippen LogP contribution in [0.2, 0.25) is 0 Å². The van der Waals surface area contributed by atoms with Gasteiger partial charge in [0.2, 0.25) is 5.78 Å². The van der Waals surface area contributed by atoms with Gasteiger partial charge in [-0.1, -0.05) is 0 Å². The van der Waals surface area contributed by atoms with Gasteiger partial charge in [0.25, 0.3) is 0 Å². The Hall–Kier alpha value is -2.54. The van der Waals surface area contributed by atoms with Gasteiger partial charge in [-0.05, 0) is 12.1 Å². The Kier molecular flexibility index (Phi) is 2.60. The summed E-state index contributed by atoms with van der Waals surface area (Å²) in [5.74, 6) is -1.29. The Balaban J connectivity index is 2.10. The van der Waals surface area contributed by atoms with Gasteiger partial charge in [0.1, 0.15) is 21.7 Å². The number of aromatic nitrogens is 3. The van der Waals surface area contributed by atoms with Crippen LogP contribution >= 0.6 is 11.3 Å². The number of nitrogens with zero attached hydrogens (tertiary/aromatic N) is 3. The predicted molar refractivity (Wildman–Crippen MR) is 67.7 cm³/mol. The van der Waals surface area contributed by atoms with Crippen molar-refractivity contribution in [2.24, 2.45) is 0 Å². The number of carboxylic acids is 1. The van der Waals surface area contributed by atoms with Crippen LogP contribution in [0.5, 0.6) is 0 Å². The minimum absolute atomic E-state index is 0.164. The molecule has 0 amide bonds. The first-order valence-electron chi connectivity index (χ1n) is 5.31. The number of thiazole rings is 1. The van der Waals surface area contributed by atoms with Gasteiger partial charge in [-0.3, -0.25) is 14.2 Å². The van der Waals surface area contributed by atoms with E-state index in [9.17, 15) is 9.59 Å². The molecule has 1 N–H and O–H groups in total. The largest absolute Gasteiger partial charge is 0.477 e. The van der Waals surface area contributed by atoms with Crippen LogP contribution in [-0.4, -0.2) is 31.2 Å². The van der Waals surface area contributed by atoms with Crippen LogP contribution in [0.4, 0.5) is 0 Å². The predicted octanol–water partition coefficient (Wildman–Crippen LogP) is 1.72. The van der Waals surface area contributed by atoms with Crippen LogP contribution in [0.1, 0.15) is 25.7 Å². The van der Waals surface area contributed by atoms with Crippen molar-refractivity contribution in [3.63, 3.8) is 0 Å². The van der Waals surface area contributed by atoms with E-state index in [2.05, 4.69) is 9.97 Å². The van der Waals surface area contributed by atoms with E-state index in [1.807, 2.05) is 0 Å². The fraction of sp³-hybridized carbons (Fsp3) is 0. The molecule has 3 rings (SSSR count). The molecule has 0 saturated carbocycles. The monoisotopic (exact) mass is 273 g/mol. The van der Waals surface area contributed by atoms with Gasteiger partial charge >= 0.3 is 5.97 Å². The SMILES string of the molecule is O=C(O)c1cn2cnc(C(=O)c3cccnc3)c2s1. The molecule has 0 radical (unpaired) electrons. The first-order valence-corrected chi connectivity index (χ1v) is 6.13. The van der Waals surface area contributed by atoms with Crippen molar-refractivity contribution < 1.29 is 14.7 Å². The van der Waals surface area contributed by atoms with Crippen molar-refractivity contribution in [2.75, 3.05) is 0 Å². The zero-order chi connectivity index (χ0) is 13.4. The number of hydrogen-bond acceptors (Lipinski definition) is 5. The van der Waals surface area contributed by atoms with E-state index in [1.54, 1.807) is 18.3 Å². The second kappa shape index (κ2) is 4.29. The molecule has 0 aliphatic heterocycles. The van der Waals surface area contributed by atoms with E-state index >= 15 is 0 Å². The highest BCUT2D eigenvalue weighted by molar-refractivity contribution is 7.19. The number of carbonyl (C=O) groups is 2. The highest BCUT2D eigenvalue weighted by Crippen LogP contribution is 2.23. The summed E-state index contributed by atoms with van der Waals surface area (Å²) in [5.41, 5.74) is 0.666. The zero-order valence-corrected chi connectivity index (χ0v) is 10.3. The van der Waals surface area contributed by atoms with E-state index < -0.39 is 5.97 Å². The van der Waals surface area contributed by atoms with E-state index in [1.165, 1.54) is 23.1 Å². The standard InChI is InChI=1S/C12H7N3O3S/c16-10(7-2-1-3-13-4-7)9-11-15(6-14-9)5-8(19-11)12(17)18/h1-6H,(H,17,18). The number of ketones is 1. The molecular formula is C12H7N3O3S. The molecule has 0 aliphatic carbocycles. The van der Waals surface area contributed by atoms with Crippen molar-refractivity contribution in [1.82, 2.24) is 14.4 Å². The molecule has 3 aromatic rings. The Morgan fingerprint density at radius 2 is 2.21 bits per heavy atom. The third-order valence-corrected chi connectivity index (χ3v) is 3.66. The number of hydrogen-bond donors (Lipinski definition) is 1. The van der Waals surface area contributed by atoms with Crippen molar-refractivity contribution >= 4 is 27.9 Å². The maximum Gasteiger partial charge on any atom is 0.347 e. The maximum absolute atomic E-state index is 12.2. The molecule has 0 aromatic carbocycles. The molecule has 6 nitrogen and oxygen atoms in total. The fourth-order valence-electron chi connectivity index (χ4n) is 1.69. The second-order valence-electron chi connectivity index (χ2n) is 3.78. The van der Waals surface area contributed by atoms with Gasteiger partial charge < -0.3 is 5.11 Å². The molecule has 0 bridgehead atoms. The molecule has 19 heavy (non-hydrogen) atoms. The third kappa shape index (κ3) is 1.89. The second-order valence-corrected chi connectivity index (χ2v) is 4.81. The van der Waals surface area contributed by atoms with Gasteiger partial charge in [0.15, 0.2) is 0 Å². The van der Waals surface area contributed by atoms with E-state index in [4.69, 9.17) is 5.11 Å². The molecule has 7 heteroatoms. The minimum Gasteiger partial charge on any atom is -0.477 e. The molecule has 0 saturated heterocycles. The average Bonchev–Trinajstić information content (AvgIpc) is 2.98. The van der Waals surface area contributed by atoms with Crippen LogP contribution in [-0.2, 0) is 0 Å². The summed E-state index contributed by atoms with van der Waals surface area (Å²) in [6, 6.07) is 3.31.